The molecule has 0 bridgehead atoms. The van der Waals surface area contributed by atoms with E-state index in [9.17, 15) is 14.4 Å². The molecule has 32 heavy (non-hydrogen) atoms. The van der Waals surface area contributed by atoms with Crippen LogP contribution in [0.25, 0.3) is 0 Å². The van der Waals surface area contributed by atoms with E-state index in [1.807, 2.05) is 30.3 Å². The van der Waals surface area contributed by atoms with Crippen LogP contribution in [0.15, 0.2) is 78.9 Å². The van der Waals surface area contributed by atoms with Crippen molar-refractivity contribution in [1.82, 2.24) is 5.32 Å². The number of benzene rings is 3. The van der Waals surface area contributed by atoms with Gasteiger partial charge in [-0.15, -0.1) is 0 Å². The minimum Gasteiger partial charge on any atom is -0.348 e. The van der Waals surface area contributed by atoms with Crippen LogP contribution in [0.5, 0.6) is 0 Å². The van der Waals surface area contributed by atoms with Gasteiger partial charge in [-0.05, 0) is 35.9 Å². The number of halogens is 1. The number of hydrogen-bond donors (Lipinski definition) is 2. The molecule has 1 fully saturated rings. The van der Waals surface area contributed by atoms with Gasteiger partial charge in [0.1, 0.15) is 0 Å². The molecule has 0 radical (unpaired) electrons. The van der Waals surface area contributed by atoms with Crippen molar-refractivity contribution in [2.24, 2.45) is 5.92 Å². The number of nitrogens with zero attached hydrogens (tertiary/aromatic N) is 1. The summed E-state index contributed by atoms with van der Waals surface area (Å²) in [5, 5.41) is 6.23. The van der Waals surface area contributed by atoms with Crippen LogP contribution in [0.3, 0.4) is 0 Å². The molecular formula is C25H22ClN3O3. The van der Waals surface area contributed by atoms with Gasteiger partial charge in [0, 0.05) is 30.2 Å². The largest absolute Gasteiger partial charge is 0.348 e. The molecule has 162 valence electrons. The number of para-hydroxylation sites is 1. The molecule has 1 aliphatic rings. The van der Waals surface area contributed by atoms with E-state index in [0.717, 1.165) is 5.56 Å². The highest BCUT2D eigenvalue weighted by atomic mass is 35.5. The second-order valence-corrected chi connectivity index (χ2v) is 8.02. The summed E-state index contributed by atoms with van der Waals surface area (Å²) in [5.74, 6) is -1.25. The molecule has 0 aliphatic carbocycles. The van der Waals surface area contributed by atoms with Gasteiger partial charge in [-0.2, -0.15) is 0 Å². The predicted octanol–water partition coefficient (Wildman–Crippen LogP) is 4.26. The van der Waals surface area contributed by atoms with Gasteiger partial charge in [0.25, 0.3) is 5.91 Å². The standard InChI is InChI=1S/C25H22ClN3O3/c26-19-9-6-10-20(14-19)29-16-18(13-23(29)30)24(31)28-22-12-5-4-11-21(22)25(32)27-15-17-7-2-1-3-8-17/h1-12,14,18H,13,15-16H2,(H,27,32)(H,28,31)/t18-/m1/s1. The van der Waals surface area contributed by atoms with E-state index in [1.54, 1.807) is 53.4 Å². The van der Waals surface area contributed by atoms with Gasteiger partial charge in [0.05, 0.1) is 17.2 Å². The molecule has 0 saturated carbocycles. The fraction of sp³-hybridized carbons (Fsp3) is 0.160. The van der Waals surface area contributed by atoms with Gasteiger partial charge in [-0.3, -0.25) is 14.4 Å². The zero-order chi connectivity index (χ0) is 22.5. The Kier molecular flexibility index (Phi) is 6.52. The normalized spacial score (nSPS) is 15.5. The maximum atomic E-state index is 12.9. The van der Waals surface area contributed by atoms with Gasteiger partial charge < -0.3 is 15.5 Å². The minimum absolute atomic E-state index is 0.0979. The summed E-state index contributed by atoms with van der Waals surface area (Å²) in [4.78, 5) is 39.7. The summed E-state index contributed by atoms with van der Waals surface area (Å²) in [6.45, 7) is 0.640. The number of amides is 3. The average molecular weight is 448 g/mol. The van der Waals surface area contributed by atoms with Crippen molar-refractivity contribution in [2.45, 2.75) is 13.0 Å². The lowest BCUT2D eigenvalue weighted by atomic mass is 10.1. The zero-order valence-electron chi connectivity index (χ0n) is 17.3. The molecule has 1 heterocycles. The summed E-state index contributed by atoms with van der Waals surface area (Å²) in [5.41, 5.74) is 2.43. The Hall–Kier alpha value is -3.64. The maximum absolute atomic E-state index is 12.9. The van der Waals surface area contributed by atoms with Crippen molar-refractivity contribution in [2.75, 3.05) is 16.8 Å². The van der Waals surface area contributed by atoms with Gasteiger partial charge >= 0.3 is 0 Å². The molecule has 0 unspecified atom stereocenters. The number of carbonyl (C=O) groups excluding carboxylic acids is 3. The molecule has 3 aromatic rings. The summed E-state index contributed by atoms with van der Waals surface area (Å²) in [7, 11) is 0. The molecule has 7 heteroatoms. The van der Waals surface area contributed by atoms with Crippen molar-refractivity contribution < 1.29 is 14.4 Å². The van der Waals surface area contributed by atoms with E-state index in [-0.39, 0.29) is 30.7 Å². The first-order valence-electron chi connectivity index (χ1n) is 10.3. The van der Waals surface area contributed by atoms with Crippen LogP contribution in [0.4, 0.5) is 11.4 Å². The Morgan fingerprint density at radius 1 is 0.969 bits per heavy atom. The second-order valence-electron chi connectivity index (χ2n) is 7.59. The maximum Gasteiger partial charge on any atom is 0.253 e. The molecule has 1 saturated heterocycles. The first kappa shape index (κ1) is 21.6. The van der Waals surface area contributed by atoms with E-state index in [1.165, 1.54) is 0 Å². The summed E-state index contributed by atoms with van der Waals surface area (Å²) >= 11 is 6.03. The third-order valence-electron chi connectivity index (χ3n) is 5.34. The Balaban J connectivity index is 1.42. The van der Waals surface area contributed by atoms with E-state index >= 15 is 0 Å². The van der Waals surface area contributed by atoms with Gasteiger partial charge in [-0.25, -0.2) is 0 Å². The average Bonchev–Trinajstić information content (AvgIpc) is 3.20. The molecule has 3 amide bonds. The molecule has 0 spiro atoms. The highest BCUT2D eigenvalue weighted by Crippen LogP contribution is 2.28. The van der Waals surface area contributed by atoms with E-state index in [4.69, 9.17) is 11.6 Å². The predicted molar refractivity (Wildman–Crippen MR) is 125 cm³/mol. The van der Waals surface area contributed by atoms with Crippen LogP contribution in [-0.4, -0.2) is 24.3 Å². The van der Waals surface area contributed by atoms with Crippen LogP contribution in [0.2, 0.25) is 5.02 Å². The fourth-order valence-corrected chi connectivity index (χ4v) is 3.86. The molecular weight excluding hydrogens is 426 g/mol. The smallest absolute Gasteiger partial charge is 0.253 e. The van der Waals surface area contributed by atoms with Crippen molar-refractivity contribution in [3.63, 3.8) is 0 Å². The van der Waals surface area contributed by atoms with Crippen LogP contribution in [0.1, 0.15) is 22.3 Å². The first-order valence-corrected chi connectivity index (χ1v) is 10.7. The number of hydrogen-bond acceptors (Lipinski definition) is 3. The molecule has 4 rings (SSSR count). The number of carbonyl (C=O) groups is 3. The summed E-state index contributed by atoms with van der Waals surface area (Å²) in [6, 6.07) is 23.4. The second kappa shape index (κ2) is 9.66. The van der Waals surface area contributed by atoms with Crippen molar-refractivity contribution in [3.05, 3.63) is 95.0 Å². The molecule has 0 aromatic heterocycles. The molecule has 2 N–H and O–H groups in total. The van der Waals surface area contributed by atoms with Gasteiger partial charge in [0.15, 0.2) is 0 Å². The van der Waals surface area contributed by atoms with Crippen LogP contribution in [-0.2, 0) is 16.1 Å². The van der Waals surface area contributed by atoms with Crippen LogP contribution in [0, 0.1) is 5.92 Å². The Bertz CT molecular complexity index is 1150. The fourth-order valence-electron chi connectivity index (χ4n) is 3.68. The van der Waals surface area contributed by atoms with Crippen LogP contribution < -0.4 is 15.5 Å². The monoisotopic (exact) mass is 447 g/mol. The van der Waals surface area contributed by atoms with Crippen LogP contribution >= 0.6 is 11.6 Å². The number of anilines is 2. The Morgan fingerprint density at radius 2 is 1.72 bits per heavy atom. The van der Waals surface area contributed by atoms with Gasteiger partial charge in [0.2, 0.25) is 11.8 Å². The number of nitrogens with one attached hydrogen (secondary N) is 2. The van der Waals surface area contributed by atoms with E-state index < -0.39 is 5.92 Å². The Labute approximate surface area is 191 Å². The highest BCUT2D eigenvalue weighted by Gasteiger charge is 2.35. The lowest BCUT2D eigenvalue weighted by Gasteiger charge is -2.17. The van der Waals surface area contributed by atoms with E-state index in [0.29, 0.717) is 28.5 Å². The first-order chi connectivity index (χ1) is 15.5. The van der Waals surface area contributed by atoms with Gasteiger partial charge in [-0.1, -0.05) is 60.1 Å². The zero-order valence-corrected chi connectivity index (χ0v) is 18.0. The van der Waals surface area contributed by atoms with Crippen molar-refractivity contribution in [3.8, 4) is 0 Å². The molecule has 1 atom stereocenters. The SMILES string of the molecule is O=C(NCc1ccccc1)c1ccccc1NC(=O)[C@@H]1CC(=O)N(c2cccc(Cl)c2)C1. The third-order valence-corrected chi connectivity index (χ3v) is 5.58. The molecule has 3 aromatic carbocycles. The Morgan fingerprint density at radius 3 is 2.50 bits per heavy atom. The summed E-state index contributed by atoms with van der Waals surface area (Å²) < 4.78 is 0. The third kappa shape index (κ3) is 4.98. The molecule has 6 nitrogen and oxygen atoms in total. The highest BCUT2D eigenvalue weighted by molar-refractivity contribution is 6.31. The summed E-state index contributed by atoms with van der Waals surface area (Å²) in [6.07, 6.45) is 0.0979. The van der Waals surface area contributed by atoms with E-state index in [2.05, 4.69) is 10.6 Å². The lowest BCUT2D eigenvalue weighted by Crippen LogP contribution is -2.29. The van der Waals surface area contributed by atoms with Crippen molar-refractivity contribution in [1.29, 1.82) is 0 Å². The molecule has 1 aliphatic heterocycles. The lowest BCUT2D eigenvalue weighted by molar-refractivity contribution is -0.122. The quantitative estimate of drug-likeness (QED) is 0.592. The van der Waals surface area contributed by atoms with Crippen molar-refractivity contribution >= 4 is 40.7 Å². The minimum atomic E-state index is -0.526. The number of rotatable bonds is 6. The topological polar surface area (TPSA) is 78.5 Å².